The molecule has 4 rings (SSSR count). The average Bonchev–Trinajstić information content (AvgIpc) is 3.32. The molecule has 5 nitrogen and oxygen atoms in total. The van der Waals surface area contributed by atoms with Gasteiger partial charge in [0.2, 0.25) is 0 Å². The lowest BCUT2D eigenvalue weighted by Crippen LogP contribution is -2.29. The van der Waals surface area contributed by atoms with E-state index >= 15 is 0 Å². The van der Waals surface area contributed by atoms with Crippen LogP contribution in [0, 0.1) is 0 Å². The highest BCUT2D eigenvalue weighted by atomic mass is 16.3. The maximum atomic E-state index is 12.4. The molecule has 1 saturated heterocycles. The normalized spacial score (nSPS) is 14.0. The second-order valence-electron chi connectivity index (χ2n) is 6.27. The van der Waals surface area contributed by atoms with Gasteiger partial charge in [-0.3, -0.25) is 0 Å². The van der Waals surface area contributed by atoms with Crippen LogP contribution in [-0.2, 0) is 6.54 Å². The van der Waals surface area contributed by atoms with Gasteiger partial charge < -0.3 is 20.0 Å². The summed E-state index contributed by atoms with van der Waals surface area (Å²) in [5.74, 6) is 0. The van der Waals surface area contributed by atoms with Crippen molar-refractivity contribution in [2.75, 3.05) is 23.3 Å². The molecule has 2 N–H and O–H groups in total. The lowest BCUT2D eigenvalue weighted by atomic mass is 10.1. The Labute approximate surface area is 146 Å². The predicted octanol–water partition coefficient (Wildman–Crippen LogP) is 4.35. The first-order valence-electron chi connectivity index (χ1n) is 8.65. The minimum absolute atomic E-state index is 0.202. The van der Waals surface area contributed by atoms with Gasteiger partial charge in [-0.2, -0.15) is 0 Å². The van der Waals surface area contributed by atoms with Gasteiger partial charge in [0, 0.05) is 25.0 Å². The minimum atomic E-state index is -0.202. The van der Waals surface area contributed by atoms with E-state index in [9.17, 15) is 4.79 Å². The molecule has 5 heteroatoms. The van der Waals surface area contributed by atoms with Crippen LogP contribution in [0.1, 0.15) is 18.4 Å². The maximum Gasteiger partial charge on any atom is 0.319 e. The van der Waals surface area contributed by atoms with Crippen LogP contribution in [0.5, 0.6) is 0 Å². The molecule has 2 heterocycles. The van der Waals surface area contributed by atoms with Crippen molar-refractivity contribution in [1.82, 2.24) is 5.32 Å². The Balaban J connectivity index is 1.43. The molecule has 1 fully saturated rings. The Morgan fingerprint density at radius 3 is 2.76 bits per heavy atom. The van der Waals surface area contributed by atoms with Crippen molar-refractivity contribution in [2.24, 2.45) is 0 Å². The van der Waals surface area contributed by atoms with Gasteiger partial charge in [-0.05, 0) is 42.7 Å². The lowest BCUT2D eigenvalue weighted by Gasteiger charge is -2.21. The highest BCUT2D eigenvalue weighted by molar-refractivity contribution is 5.93. The van der Waals surface area contributed by atoms with Gasteiger partial charge in [0.05, 0.1) is 17.6 Å². The quantitative estimate of drug-likeness (QED) is 0.745. The summed E-state index contributed by atoms with van der Waals surface area (Å²) in [6, 6.07) is 15.5. The van der Waals surface area contributed by atoms with E-state index in [-0.39, 0.29) is 6.03 Å². The summed E-state index contributed by atoms with van der Waals surface area (Å²) in [6.07, 6.45) is 4.07. The van der Waals surface area contributed by atoms with Crippen LogP contribution >= 0.6 is 0 Å². The number of furan rings is 1. The third kappa shape index (κ3) is 3.31. The highest BCUT2D eigenvalue weighted by Gasteiger charge is 2.16. The van der Waals surface area contributed by atoms with Crippen LogP contribution in [0.15, 0.2) is 59.2 Å². The number of carbonyl (C=O) groups excluding carboxylic acids is 1. The third-order valence-corrected chi connectivity index (χ3v) is 4.62. The molecule has 1 aliphatic rings. The number of anilines is 2. The van der Waals surface area contributed by atoms with Crippen molar-refractivity contribution >= 4 is 28.4 Å². The number of urea groups is 1. The number of para-hydroxylation sites is 2. The Hall–Kier alpha value is -2.95. The number of nitrogens with zero attached hydrogens (tertiary/aromatic N) is 1. The van der Waals surface area contributed by atoms with Crippen molar-refractivity contribution in [2.45, 2.75) is 19.4 Å². The molecule has 0 atom stereocenters. The SMILES string of the molecule is O=C(NCc1cccc2occc12)Nc1ccccc1N1CCCC1. The molecule has 0 unspecified atom stereocenters. The molecule has 1 aliphatic heterocycles. The Kier molecular flexibility index (Phi) is 4.29. The number of benzene rings is 2. The molecule has 0 radical (unpaired) electrons. The van der Waals surface area contributed by atoms with Crippen LogP contribution in [0.25, 0.3) is 11.0 Å². The largest absolute Gasteiger partial charge is 0.464 e. The molecular formula is C20H21N3O2. The fraction of sp³-hybridized carbons (Fsp3) is 0.250. The van der Waals surface area contributed by atoms with E-state index in [4.69, 9.17) is 4.42 Å². The second-order valence-corrected chi connectivity index (χ2v) is 6.27. The van der Waals surface area contributed by atoms with Crippen molar-refractivity contribution in [3.8, 4) is 0 Å². The third-order valence-electron chi connectivity index (χ3n) is 4.62. The van der Waals surface area contributed by atoms with Crippen molar-refractivity contribution in [3.05, 3.63) is 60.4 Å². The van der Waals surface area contributed by atoms with Gasteiger partial charge in [0.1, 0.15) is 5.58 Å². The fourth-order valence-electron chi connectivity index (χ4n) is 3.37. The number of nitrogens with one attached hydrogen (secondary N) is 2. The van der Waals surface area contributed by atoms with E-state index in [1.165, 1.54) is 12.8 Å². The smallest absolute Gasteiger partial charge is 0.319 e. The van der Waals surface area contributed by atoms with Crippen LogP contribution < -0.4 is 15.5 Å². The second kappa shape index (κ2) is 6.89. The van der Waals surface area contributed by atoms with Gasteiger partial charge in [0.25, 0.3) is 0 Å². The van der Waals surface area contributed by atoms with E-state index in [1.54, 1.807) is 6.26 Å². The Bertz CT molecular complexity index is 881. The summed E-state index contributed by atoms with van der Waals surface area (Å²) in [5, 5.41) is 6.95. The zero-order valence-electron chi connectivity index (χ0n) is 14.0. The molecule has 2 aromatic carbocycles. The van der Waals surface area contributed by atoms with Crippen LogP contribution in [0.3, 0.4) is 0 Å². The Morgan fingerprint density at radius 1 is 1.04 bits per heavy atom. The van der Waals surface area contributed by atoms with E-state index in [0.29, 0.717) is 6.54 Å². The summed E-state index contributed by atoms with van der Waals surface area (Å²) in [4.78, 5) is 14.7. The predicted molar refractivity (Wildman–Crippen MR) is 100.0 cm³/mol. The first-order valence-corrected chi connectivity index (χ1v) is 8.65. The topological polar surface area (TPSA) is 57.5 Å². The van der Waals surface area contributed by atoms with Crippen molar-refractivity contribution in [1.29, 1.82) is 0 Å². The molecule has 0 aliphatic carbocycles. The molecule has 3 aromatic rings. The Morgan fingerprint density at radius 2 is 1.88 bits per heavy atom. The minimum Gasteiger partial charge on any atom is -0.464 e. The van der Waals surface area contributed by atoms with Gasteiger partial charge in [-0.15, -0.1) is 0 Å². The molecule has 1 aromatic heterocycles. The van der Waals surface area contributed by atoms with Crippen LogP contribution in [-0.4, -0.2) is 19.1 Å². The molecule has 25 heavy (non-hydrogen) atoms. The summed E-state index contributed by atoms with van der Waals surface area (Å²) < 4.78 is 5.40. The number of fused-ring (bicyclic) bond motifs is 1. The molecule has 0 bridgehead atoms. The zero-order valence-corrected chi connectivity index (χ0v) is 14.0. The van der Waals surface area contributed by atoms with Gasteiger partial charge in [-0.1, -0.05) is 24.3 Å². The fourth-order valence-corrected chi connectivity index (χ4v) is 3.37. The van der Waals surface area contributed by atoms with E-state index < -0.39 is 0 Å². The van der Waals surface area contributed by atoms with E-state index in [2.05, 4.69) is 21.6 Å². The van der Waals surface area contributed by atoms with E-state index in [1.807, 2.05) is 42.5 Å². The highest BCUT2D eigenvalue weighted by Crippen LogP contribution is 2.28. The number of amides is 2. The van der Waals surface area contributed by atoms with Crippen LogP contribution in [0.4, 0.5) is 16.2 Å². The molecule has 128 valence electrons. The van der Waals surface area contributed by atoms with Gasteiger partial charge >= 0.3 is 6.03 Å². The summed E-state index contributed by atoms with van der Waals surface area (Å²) in [7, 11) is 0. The number of hydrogen-bond acceptors (Lipinski definition) is 3. The first-order chi connectivity index (χ1) is 12.3. The maximum absolute atomic E-state index is 12.4. The monoisotopic (exact) mass is 335 g/mol. The molecular weight excluding hydrogens is 314 g/mol. The number of hydrogen-bond donors (Lipinski definition) is 2. The first kappa shape index (κ1) is 15.6. The number of rotatable bonds is 4. The molecule has 2 amide bonds. The average molecular weight is 335 g/mol. The van der Waals surface area contributed by atoms with Crippen molar-refractivity contribution < 1.29 is 9.21 Å². The van der Waals surface area contributed by atoms with Crippen LogP contribution in [0.2, 0.25) is 0 Å². The summed E-state index contributed by atoms with van der Waals surface area (Å²) >= 11 is 0. The van der Waals surface area contributed by atoms with E-state index in [0.717, 1.165) is 41.0 Å². The summed E-state index contributed by atoms with van der Waals surface area (Å²) in [5.41, 5.74) is 3.81. The summed E-state index contributed by atoms with van der Waals surface area (Å²) in [6.45, 7) is 2.54. The standard InChI is InChI=1S/C20H21N3O2/c24-20(21-14-15-6-5-9-19-16(15)10-13-25-19)22-17-7-1-2-8-18(17)23-11-3-4-12-23/h1-2,5-10,13H,3-4,11-12,14H2,(H2,21,22,24). The molecule has 0 saturated carbocycles. The number of carbonyl (C=O) groups is 1. The van der Waals surface area contributed by atoms with Crippen molar-refractivity contribution in [3.63, 3.8) is 0 Å². The van der Waals surface area contributed by atoms with Gasteiger partial charge in [0.15, 0.2) is 0 Å². The molecule has 0 spiro atoms. The lowest BCUT2D eigenvalue weighted by molar-refractivity contribution is 0.252. The zero-order chi connectivity index (χ0) is 17.1. The van der Waals surface area contributed by atoms with Gasteiger partial charge in [-0.25, -0.2) is 4.79 Å².